The zero-order valence-electron chi connectivity index (χ0n) is 11.1. The summed E-state index contributed by atoms with van der Waals surface area (Å²) in [6.07, 6.45) is 0. The van der Waals surface area contributed by atoms with E-state index in [9.17, 15) is 5.11 Å². The second-order valence-electron chi connectivity index (χ2n) is 3.99. The van der Waals surface area contributed by atoms with Gasteiger partial charge in [-0.25, -0.2) is 0 Å². The first-order valence-electron chi connectivity index (χ1n) is 5.78. The summed E-state index contributed by atoms with van der Waals surface area (Å²) in [4.78, 5) is 0. The minimum atomic E-state index is 0.157. The molecule has 0 heterocycles. The van der Waals surface area contributed by atoms with Crippen LogP contribution >= 0.6 is 0 Å². The van der Waals surface area contributed by atoms with E-state index in [0.29, 0.717) is 17.2 Å². The van der Waals surface area contributed by atoms with E-state index >= 15 is 0 Å². The van der Waals surface area contributed by atoms with Crippen LogP contribution in [0.1, 0.15) is 0 Å². The fraction of sp³-hybridized carbons (Fsp3) is 0.200. The minimum Gasteiger partial charge on any atom is -0.508 e. The molecule has 2 rings (SSSR count). The molecule has 0 spiro atoms. The second-order valence-corrected chi connectivity index (χ2v) is 3.99. The molecule has 0 atom stereocenters. The molecule has 0 amide bonds. The number of phenols is 1. The summed E-state index contributed by atoms with van der Waals surface area (Å²) >= 11 is 0. The standard InChI is InChI=1S/C15H16O4/c1-17-13-7-11(6-12(16)9-13)10-4-5-14(18-2)15(8-10)19-3/h4-9,16H,1-3H3. The summed E-state index contributed by atoms with van der Waals surface area (Å²) < 4.78 is 15.6. The van der Waals surface area contributed by atoms with Crippen molar-refractivity contribution in [2.75, 3.05) is 21.3 Å². The third-order valence-corrected chi connectivity index (χ3v) is 2.84. The van der Waals surface area contributed by atoms with Gasteiger partial charge in [0, 0.05) is 6.07 Å². The van der Waals surface area contributed by atoms with Gasteiger partial charge in [0.2, 0.25) is 0 Å². The molecule has 100 valence electrons. The SMILES string of the molecule is COc1cc(O)cc(-c2ccc(OC)c(OC)c2)c1. The van der Waals surface area contributed by atoms with Gasteiger partial charge in [0.1, 0.15) is 11.5 Å². The van der Waals surface area contributed by atoms with E-state index in [1.807, 2.05) is 24.3 Å². The highest BCUT2D eigenvalue weighted by Gasteiger charge is 2.08. The minimum absolute atomic E-state index is 0.157. The predicted molar refractivity (Wildman–Crippen MR) is 73.2 cm³/mol. The largest absolute Gasteiger partial charge is 0.508 e. The van der Waals surface area contributed by atoms with Gasteiger partial charge in [-0.1, -0.05) is 6.07 Å². The van der Waals surface area contributed by atoms with Gasteiger partial charge in [-0.2, -0.15) is 0 Å². The number of ether oxygens (including phenoxy) is 3. The maximum absolute atomic E-state index is 9.68. The quantitative estimate of drug-likeness (QED) is 0.917. The molecule has 0 aromatic heterocycles. The molecule has 0 unspecified atom stereocenters. The van der Waals surface area contributed by atoms with Gasteiger partial charge in [-0.15, -0.1) is 0 Å². The molecule has 0 aliphatic heterocycles. The Labute approximate surface area is 112 Å². The number of rotatable bonds is 4. The fourth-order valence-electron chi connectivity index (χ4n) is 1.88. The van der Waals surface area contributed by atoms with Crippen LogP contribution in [0.5, 0.6) is 23.0 Å². The van der Waals surface area contributed by atoms with Crippen LogP contribution in [0.15, 0.2) is 36.4 Å². The van der Waals surface area contributed by atoms with Gasteiger partial charge in [-0.05, 0) is 35.4 Å². The Morgan fingerprint density at radius 3 is 2.11 bits per heavy atom. The Balaban J connectivity index is 2.49. The Bertz CT molecular complexity index is 578. The van der Waals surface area contributed by atoms with Crippen molar-refractivity contribution in [3.63, 3.8) is 0 Å². The van der Waals surface area contributed by atoms with E-state index in [2.05, 4.69) is 0 Å². The lowest BCUT2D eigenvalue weighted by atomic mass is 10.0. The topological polar surface area (TPSA) is 47.9 Å². The number of methoxy groups -OCH3 is 3. The van der Waals surface area contributed by atoms with Crippen molar-refractivity contribution in [1.82, 2.24) is 0 Å². The molecule has 1 N–H and O–H groups in total. The Morgan fingerprint density at radius 2 is 1.47 bits per heavy atom. The molecule has 0 fully saturated rings. The van der Waals surface area contributed by atoms with Gasteiger partial charge >= 0.3 is 0 Å². The van der Waals surface area contributed by atoms with E-state index in [1.165, 1.54) is 0 Å². The lowest BCUT2D eigenvalue weighted by Crippen LogP contribution is -1.91. The van der Waals surface area contributed by atoms with Gasteiger partial charge in [0.05, 0.1) is 21.3 Å². The summed E-state index contributed by atoms with van der Waals surface area (Å²) in [5.74, 6) is 2.06. The summed E-state index contributed by atoms with van der Waals surface area (Å²) in [5.41, 5.74) is 1.75. The summed E-state index contributed by atoms with van der Waals surface area (Å²) in [7, 11) is 4.74. The molecule has 4 heteroatoms. The van der Waals surface area contributed by atoms with Crippen molar-refractivity contribution in [2.24, 2.45) is 0 Å². The first kappa shape index (κ1) is 13.1. The monoisotopic (exact) mass is 260 g/mol. The average molecular weight is 260 g/mol. The Morgan fingerprint density at radius 1 is 0.737 bits per heavy atom. The first-order chi connectivity index (χ1) is 9.17. The molecule has 19 heavy (non-hydrogen) atoms. The molecule has 0 radical (unpaired) electrons. The molecule has 4 nitrogen and oxygen atoms in total. The van der Waals surface area contributed by atoms with E-state index in [4.69, 9.17) is 14.2 Å². The van der Waals surface area contributed by atoms with Crippen molar-refractivity contribution in [3.05, 3.63) is 36.4 Å². The van der Waals surface area contributed by atoms with E-state index in [-0.39, 0.29) is 5.75 Å². The third kappa shape index (κ3) is 2.73. The van der Waals surface area contributed by atoms with Crippen molar-refractivity contribution in [3.8, 4) is 34.1 Å². The third-order valence-electron chi connectivity index (χ3n) is 2.84. The summed E-state index contributed by atoms with van der Waals surface area (Å²) in [6.45, 7) is 0. The fourth-order valence-corrected chi connectivity index (χ4v) is 1.88. The van der Waals surface area contributed by atoms with Crippen LogP contribution in [0.4, 0.5) is 0 Å². The summed E-state index contributed by atoms with van der Waals surface area (Å²) in [5, 5.41) is 9.68. The van der Waals surface area contributed by atoms with Gasteiger partial charge < -0.3 is 19.3 Å². The van der Waals surface area contributed by atoms with Crippen LogP contribution in [0, 0.1) is 0 Å². The highest BCUT2D eigenvalue weighted by Crippen LogP contribution is 2.35. The summed E-state index contributed by atoms with van der Waals surface area (Å²) in [6, 6.07) is 10.7. The molecule has 0 saturated heterocycles. The second kappa shape index (κ2) is 5.52. The number of hydrogen-bond donors (Lipinski definition) is 1. The van der Waals surface area contributed by atoms with E-state index < -0.39 is 0 Å². The maximum atomic E-state index is 9.68. The van der Waals surface area contributed by atoms with Crippen molar-refractivity contribution < 1.29 is 19.3 Å². The van der Waals surface area contributed by atoms with Crippen LogP contribution in [0.2, 0.25) is 0 Å². The average Bonchev–Trinajstić information content (AvgIpc) is 2.45. The Hall–Kier alpha value is -2.36. The normalized spacial score (nSPS) is 10.1. The van der Waals surface area contributed by atoms with Crippen LogP contribution in [0.25, 0.3) is 11.1 Å². The maximum Gasteiger partial charge on any atom is 0.161 e. The zero-order valence-corrected chi connectivity index (χ0v) is 11.1. The number of aromatic hydroxyl groups is 1. The van der Waals surface area contributed by atoms with Crippen molar-refractivity contribution in [2.45, 2.75) is 0 Å². The van der Waals surface area contributed by atoms with Gasteiger partial charge in [0.25, 0.3) is 0 Å². The van der Waals surface area contributed by atoms with Crippen LogP contribution < -0.4 is 14.2 Å². The van der Waals surface area contributed by atoms with Gasteiger partial charge in [0.15, 0.2) is 11.5 Å². The smallest absolute Gasteiger partial charge is 0.161 e. The molecule has 2 aromatic carbocycles. The van der Waals surface area contributed by atoms with E-state index in [1.54, 1.807) is 33.5 Å². The first-order valence-corrected chi connectivity index (χ1v) is 5.78. The lowest BCUT2D eigenvalue weighted by molar-refractivity contribution is 0.355. The number of hydrogen-bond acceptors (Lipinski definition) is 4. The van der Waals surface area contributed by atoms with Crippen LogP contribution in [-0.4, -0.2) is 26.4 Å². The van der Waals surface area contributed by atoms with Crippen molar-refractivity contribution >= 4 is 0 Å². The molecular formula is C15H16O4. The number of phenolic OH excluding ortho intramolecular Hbond substituents is 1. The molecule has 2 aromatic rings. The zero-order chi connectivity index (χ0) is 13.8. The molecule has 0 aliphatic carbocycles. The lowest BCUT2D eigenvalue weighted by Gasteiger charge is -2.11. The highest BCUT2D eigenvalue weighted by atomic mass is 16.5. The molecule has 0 saturated carbocycles. The number of benzene rings is 2. The highest BCUT2D eigenvalue weighted by molar-refractivity contribution is 5.70. The molecular weight excluding hydrogens is 244 g/mol. The van der Waals surface area contributed by atoms with E-state index in [0.717, 1.165) is 11.1 Å². The Kier molecular flexibility index (Phi) is 3.80. The predicted octanol–water partition coefficient (Wildman–Crippen LogP) is 3.09. The molecule has 0 bridgehead atoms. The van der Waals surface area contributed by atoms with Crippen LogP contribution in [-0.2, 0) is 0 Å². The molecule has 0 aliphatic rings. The van der Waals surface area contributed by atoms with Gasteiger partial charge in [-0.3, -0.25) is 0 Å². The van der Waals surface area contributed by atoms with Crippen molar-refractivity contribution in [1.29, 1.82) is 0 Å². The van der Waals surface area contributed by atoms with Crippen LogP contribution in [0.3, 0.4) is 0 Å².